The normalized spacial score (nSPS) is 14.9. The Bertz CT molecular complexity index is 1940. The number of carbonyl (C=O) groups excluding carboxylic acids is 4. The fraction of sp³-hybridized carbons (Fsp3) is 0.950. The second kappa shape index (κ2) is 69.1. The molecule has 8 atom stereocenters. The number of rotatable bonds is 77. The van der Waals surface area contributed by atoms with Gasteiger partial charge in [0.05, 0.1) is 26.4 Å². The van der Waals surface area contributed by atoms with Gasteiger partial charge in [-0.3, -0.25) is 37.3 Å². The largest absolute Gasteiger partial charge is 0.472 e. The minimum absolute atomic E-state index is 0.105. The van der Waals surface area contributed by atoms with Gasteiger partial charge in [0, 0.05) is 25.7 Å². The first-order chi connectivity index (χ1) is 47.7. The first-order valence-electron chi connectivity index (χ1n) is 41.3. The van der Waals surface area contributed by atoms with Crippen LogP contribution >= 0.6 is 15.6 Å². The van der Waals surface area contributed by atoms with Crippen molar-refractivity contribution in [3.05, 3.63) is 0 Å². The predicted molar refractivity (Wildman–Crippen MR) is 404 cm³/mol. The molecule has 5 unspecified atom stereocenters. The highest BCUT2D eigenvalue weighted by atomic mass is 31.2. The third kappa shape index (κ3) is 70.2. The zero-order valence-electron chi connectivity index (χ0n) is 65.1. The van der Waals surface area contributed by atoms with Crippen molar-refractivity contribution < 1.29 is 80.2 Å². The molecular weight excluding hydrogens is 1290 g/mol. The van der Waals surface area contributed by atoms with E-state index in [4.69, 9.17) is 37.0 Å². The highest BCUT2D eigenvalue weighted by Gasteiger charge is 2.30. The third-order valence-electron chi connectivity index (χ3n) is 19.7. The molecule has 0 saturated carbocycles. The minimum Gasteiger partial charge on any atom is -0.462 e. The highest BCUT2D eigenvalue weighted by molar-refractivity contribution is 7.47. The molecule has 17 nitrogen and oxygen atoms in total. The molecule has 0 aliphatic rings. The highest BCUT2D eigenvalue weighted by Crippen LogP contribution is 2.45. The van der Waals surface area contributed by atoms with Crippen molar-refractivity contribution in [3.8, 4) is 0 Å². The number of ether oxygens (including phenoxy) is 4. The lowest BCUT2D eigenvalue weighted by Gasteiger charge is -2.21. The number of esters is 4. The van der Waals surface area contributed by atoms with Gasteiger partial charge in [-0.2, -0.15) is 0 Å². The van der Waals surface area contributed by atoms with Gasteiger partial charge < -0.3 is 33.8 Å². The van der Waals surface area contributed by atoms with Gasteiger partial charge in [0.15, 0.2) is 12.2 Å². The molecule has 588 valence electrons. The maximum Gasteiger partial charge on any atom is 0.472 e. The number of phosphoric ester groups is 2. The van der Waals surface area contributed by atoms with E-state index in [0.717, 1.165) is 120 Å². The molecule has 99 heavy (non-hydrogen) atoms. The Hall–Kier alpha value is -1.94. The van der Waals surface area contributed by atoms with Crippen LogP contribution < -0.4 is 0 Å². The maximum absolute atomic E-state index is 13.1. The molecule has 0 saturated heterocycles. The van der Waals surface area contributed by atoms with E-state index in [9.17, 15) is 43.2 Å². The Kier molecular flexibility index (Phi) is 67.8. The van der Waals surface area contributed by atoms with Crippen molar-refractivity contribution in [2.24, 2.45) is 23.7 Å². The number of phosphoric acid groups is 2. The van der Waals surface area contributed by atoms with Crippen molar-refractivity contribution in [2.75, 3.05) is 39.6 Å². The summed E-state index contributed by atoms with van der Waals surface area (Å²) >= 11 is 0. The summed E-state index contributed by atoms with van der Waals surface area (Å²) in [4.78, 5) is 73.0. The maximum atomic E-state index is 13.1. The van der Waals surface area contributed by atoms with Crippen molar-refractivity contribution in [3.63, 3.8) is 0 Å². The molecule has 0 aliphatic heterocycles. The minimum atomic E-state index is -4.96. The van der Waals surface area contributed by atoms with E-state index in [1.807, 2.05) is 0 Å². The van der Waals surface area contributed by atoms with Gasteiger partial charge in [0.1, 0.15) is 19.3 Å². The molecule has 0 bridgehead atoms. The molecule has 19 heteroatoms. The van der Waals surface area contributed by atoms with E-state index in [0.29, 0.717) is 25.7 Å². The van der Waals surface area contributed by atoms with E-state index in [1.54, 1.807) is 0 Å². The third-order valence-corrected chi connectivity index (χ3v) is 21.6. The van der Waals surface area contributed by atoms with Crippen LogP contribution in [0, 0.1) is 23.7 Å². The van der Waals surface area contributed by atoms with Crippen LogP contribution in [0.2, 0.25) is 0 Å². The Balaban J connectivity index is 5.23. The summed E-state index contributed by atoms with van der Waals surface area (Å²) in [6.07, 6.45) is 55.4. The summed E-state index contributed by atoms with van der Waals surface area (Å²) in [6.45, 7) is 14.3. The monoisotopic (exact) mass is 1450 g/mol. The molecule has 0 aromatic carbocycles. The average molecular weight is 1450 g/mol. The van der Waals surface area contributed by atoms with Crippen LogP contribution in [0.15, 0.2) is 0 Å². The van der Waals surface area contributed by atoms with Gasteiger partial charge in [-0.25, -0.2) is 9.13 Å². The summed E-state index contributed by atoms with van der Waals surface area (Å²) in [7, 11) is -9.92. The fourth-order valence-corrected chi connectivity index (χ4v) is 13.7. The van der Waals surface area contributed by atoms with Crippen LogP contribution in [0.3, 0.4) is 0 Å². The Morgan fingerprint density at radius 1 is 0.283 bits per heavy atom. The average Bonchev–Trinajstić information content (AvgIpc) is 0.989. The Morgan fingerprint density at radius 3 is 0.717 bits per heavy atom. The summed E-state index contributed by atoms with van der Waals surface area (Å²) < 4.78 is 68.7. The van der Waals surface area contributed by atoms with Crippen molar-refractivity contribution in [2.45, 2.75) is 427 Å². The lowest BCUT2D eigenvalue weighted by molar-refractivity contribution is -0.161. The van der Waals surface area contributed by atoms with E-state index >= 15 is 0 Å². The standard InChI is InChI=1S/C80H156O17P2/c1-9-71(6)57-49-41-33-27-22-24-29-35-44-52-60-77(82)90-66-75(96-79(84)62-54-46-36-30-21-19-17-15-13-12-14-16-18-20-26-32-40-48-56-70(4)5)68-94-98(86,87)92-64-74(81)65-93-99(88,89)95-69-76(67-91-78(83)61-53-45-39-38-43-51-59-73(8)11-3)97-80(85)63-55-47-37-31-25-23-28-34-42-50-58-72(7)10-2/h70-76,81H,9-69H2,1-8H3,(H,86,87)(H,88,89)/t71?,72?,73?,74-,75-,76-/m1/s1. The molecule has 3 N–H and O–H groups in total. The van der Waals surface area contributed by atoms with Crippen molar-refractivity contribution in [1.29, 1.82) is 0 Å². The van der Waals surface area contributed by atoms with Gasteiger partial charge in [-0.1, -0.05) is 357 Å². The van der Waals surface area contributed by atoms with Gasteiger partial charge in [-0.05, 0) is 49.4 Å². The molecule has 0 aromatic rings. The summed E-state index contributed by atoms with van der Waals surface area (Å²) in [6, 6.07) is 0. The van der Waals surface area contributed by atoms with Gasteiger partial charge >= 0.3 is 39.5 Å². The van der Waals surface area contributed by atoms with Crippen LogP contribution in [0.5, 0.6) is 0 Å². The van der Waals surface area contributed by atoms with E-state index in [2.05, 4.69) is 55.4 Å². The van der Waals surface area contributed by atoms with E-state index < -0.39 is 97.5 Å². The second-order valence-electron chi connectivity index (χ2n) is 30.0. The summed E-state index contributed by atoms with van der Waals surface area (Å²) in [5.74, 6) is 1.05. The van der Waals surface area contributed by atoms with Crippen LogP contribution in [-0.4, -0.2) is 96.7 Å². The lowest BCUT2D eigenvalue weighted by Crippen LogP contribution is -2.30. The number of aliphatic hydroxyl groups is 1. The molecular formula is C80H156O17P2. The molecule has 0 aromatic heterocycles. The first kappa shape index (κ1) is 97.1. The number of hydrogen-bond acceptors (Lipinski definition) is 15. The number of hydrogen-bond donors (Lipinski definition) is 3. The molecule has 0 aliphatic carbocycles. The lowest BCUT2D eigenvalue weighted by atomic mass is 9.99. The van der Waals surface area contributed by atoms with Gasteiger partial charge in [0.2, 0.25) is 0 Å². The topological polar surface area (TPSA) is 237 Å². The molecule has 0 heterocycles. The van der Waals surface area contributed by atoms with E-state index in [-0.39, 0.29) is 25.7 Å². The van der Waals surface area contributed by atoms with Gasteiger partial charge in [0.25, 0.3) is 0 Å². The molecule has 0 radical (unpaired) electrons. The van der Waals surface area contributed by atoms with Crippen LogP contribution in [0.1, 0.15) is 409 Å². The zero-order valence-corrected chi connectivity index (χ0v) is 66.9. The smallest absolute Gasteiger partial charge is 0.462 e. The second-order valence-corrected chi connectivity index (χ2v) is 32.9. The summed E-state index contributed by atoms with van der Waals surface area (Å²) in [5.41, 5.74) is 0. The fourth-order valence-electron chi connectivity index (χ4n) is 12.2. The number of carbonyl (C=O) groups is 4. The first-order valence-corrected chi connectivity index (χ1v) is 44.3. The predicted octanol–water partition coefficient (Wildman–Crippen LogP) is 23.6. The number of unbranched alkanes of at least 4 members (excludes halogenated alkanes) is 40. The Morgan fingerprint density at radius 2 is 0.485 bits per heavy atom. The van der Waals surface area contributed by atoms with Crippen LogP contribution in [0.4, 0.5) is 0 Å². The van der Waals surface area contributed by atoms with E-state index in [1.165, 1.54) is 205 Å². The molecule has 0 spiro atoms. The molecule has 0 rings (SSSR count). The zero-order chi connectivity index (χ0) is 73.1. The SMILES string of the molecule is CCC(C)CCCCCCCCCCCCC(=O)OC[C@H](COP(=O)(O)OC[C@@H](O)COP(=O)(O)OC[C@@H](COC(=O)CCCCCCCCC(C)CC)OC(=O)CCCCCCCCCCCCC(C)CC)OC(=O)CCCCCCCCCCCCCCCCCCCCC(C)C. The van der Waals surface area contributed by atoms with Crippen molar-refractivity contribution >= 4 is 39.5 Å². The van der Waals surface area contributed by atoms with Crippen LogP contribution in [0.25, 0.3) is 0 Å². The Labute approximate surface area is 607 Å². The van der Waals surface area contributed by atoms with Crippen LogP contribution in [-0.2, 0) is 65.4 Å². The summed E-state index contributed by atoms with van der Waals surface area (Å²) in [5, 5.41) is 10.6. The molecule has 0 amide bonds. The quantitative estimate of drug-likeness (QED) is 0.0222. The van der Waals surface area contributed by atoms with Gasteiger partial charge in [-0.15, -0.1) is 0 Å². The van der Waals surface area contributed by atoms with Crippen molar-refractivity contribution in [1.82, 2.24) is 0 Å². The molecule has 0 fully saturated rings. The number of aliphatic hydroxyl groups excluding tert-OH is 1.